The molecule has 2 N–H and O–H groups in total. The van der Waals surface area contributed by atoms with Crippen molar-refractivity contribution in [3.8, 4) is 5.75 Å². The Labute approximate surface area is 196 Å². The number of fused-ring (bicyclic) bond motifs is 1. The number of ether oxygens (including phenoxy) is 2. The van der Waals surface area contributed by atoms with Crippen LogP contribution in [0.2, 0.25) is 0 Å². The van der Waals surface area contributed by atoms with Crippen molar-refractivity contribution in [1.29, 1.82) is 0 Å². The smallest absolute Gasteiger partial charge is 0.191 e. The second kappa shape index (κ2) is 10.1. The average molecular weight is 532 g/mol. The first-order valence-corrected chi connectivity index (χ1v) is 11.8. The highest BCUT2D eigenvalue weighted by Gasteiger charge is 2.43. The Bertz CT molecular complexity index is 703. The molecule has 0 aromatic heterocycles. The van der Waals surface area contributed by atoms with E-state index in [0.29, 0.717) is 0 Å². The van der Waals surface area contributed by atoms with E-state index in [-0.39, 0.29) is 40.4 Å². The molecule has 2 aliphatic heterocycles. The predicted octanol–water partition coefficient (Wildman–Crippen LogP) is 4.52. The van der Waals surface area contributed by atoms with Gasteiger partial charge in [-0.25, -0.2) is 0 Å². The Morgan fingerprint density at radius 2 is 1.90 bits per heavy atom. The highest BCUT2D eigenvalue weighted by molar-refractivity contribution is 14.0. The standard InChI is InChI=1S/C22H33N3O2S.HI/c1-23-20(24-16-22(28-2)11-13-26-14-12-22)25-18-15-21(9-5-6-10-21)27-19-8-4-3-7-17(18)19;/h3-4,7-8,18H,5-6,9-16H2,1-2H3,(H2,23,24,25);1H. The fourth-order valence-corrected chi connectivity index (χ4v) is 5.66. The monoisotopic (exact) mass is 531 g/mol. The van der Waals surface area contributed by atoms with Crippen LogP contribution in [0, 0.1) is 0 Å². The molecule has 1 aliphatic carbocycles. The summed E-state index contributed by atoms with van der Waals surface area (Å²) in [7, 11) is 1.86. The van der Waals surface area contributed by atoms with Crippen molar-refractivity contribution < 1.29 is 9.47 Å². The third-order valence-electron chi connectivity index (χ3n) is 6.66. The van der Waals surface area contributed by atoms with E-state index in [4.69, 9.17) is 9.47 Å². The van der Waals surface area contributed by atoms with Crippen molar-refractivity contribution in [2.24, 2.45) is 4.99 Å². The molecule has 0 bridgehead atoms. The molecule has 1 atom stereocenters. The Balaban J connectivity index is 0.00000240. The minimum Gasteiger partial charge on any atom is -0.487 e. The summed E-state index contributed by atoms with van der Waals surface area (Å²) in [6.07, 6.45) is 10.2. The first-order chi connectivity index (χ1) is 13.7. The quantitative estimate of drug-likeness (QED) is 0.340. The molecule has 29 heavy (non-hydrogen) atoms. The van der Waals surface area contributed by atoms with Gasteiger partial charge in [-0.1, -0.05) is 18.2 Å². The fraction of sp³-hybridized carbons (Fsp3) is 0.682. The second-order valence-electron chi connectivity index (χ2n) is 8.36. The first kappa shape index (κ1) is 23.0. The lowest BCUT2D eigenvalue weighted by atomic mass is 9.86. The van der Waals surface area contributed by atoms with Crippen molar-refractivity contribution in [1.82, 2.24) is 10.6 Å². The number of nitrogens with zero attached hydrogens (tertiary/aromatic N) is 1. The third-order valence-corrected chi connectivity index (χ3v) is 8.08. The number of aliphatic imine (C=N–C) groups is 1. The number of para-hydroxylation sites is 1. The Morgan fingerprint density at radius 1 is 1.17 bits per heavy atom. The molecule has 1 saturated heterocycles. The van der Waals surface area contributed by atoms with Gasteiger partial charge in [0.2, 0.25) is 0 Å². The summed E-state index contributed by atoms with van der Waals surface area (Å²) in [5, 5.41) is 7.32. The number of halogens is 1. The predicted molar refractivity (Wildman–Crippen MR) is 132 cm³/mol. The van der Waals surface area contributed by atoms with Gasteiger partial charge >= 0.3 is 0 Å². The highest BCUT2D eigenvalue weighted by atomic mass is 127. The molecule has 5 nitrogen and oxygen atoms in total. The van der Waals surface area contributed by atoms with Crippen LogP contribution in [0.5, 0.6) is 5.75 Å². The van der Waals surface area contributed by atoms with Crippen LogP contribution in [0.25, 0.3) is 0 Å². The van der Waals surface area contributed by atoms with Gasteiger partial charge < -0.3 is 20.1 Å². The van der Waals surface area contributed by atoms with E-state index in [1.807, 2.05) is 18.8 Å². The topological polar surface area (TPSA) is 54.9 Å². The van der Waals surface area contributed by atoms with Gasteiger partial charge in [-0.2, -0.15) is 11.8 Å². The minimum atomic E-state index is -0.00786. The molecular weight excluding hydrogens is 497 g/mol. The van der Waals surface area contributed by atoms with Crippen LogP contribution in [0.4, 0.5) is 0 Å². The van der Waals surface area contributed by atoms with Crippen molar-refractivity contribution in [3.05, 3.63) is 29.8 Å². The van der Waals surface area contributed by atoms with E-state index in [0.717, 1.165) is 63.6 Å². The first-order valence-electron chi connectivity index (χ1n) is 10.6. The lowest BCUT2D eigenvalue weighted by Gasteiger charge is -2.41. The van der Waals surface area contributed by atoms with Gasteiger partial charge in [-0.15, -0.1) is 24.0 Å². The minimum absolute atomic E-state index is 0. The van der Waals surface area contributed by atoms with E-state index in [1.54, 1.807) is 0 Å². The summed E-state index contributed by atoms with van der Waals surface area (Å²) in [5.41, 5.74) is 1.24. The van der Waals surface area contributed by atoms with Crippen molar-refractivity contribution in [3.63, 3.8) is 0 Å². The van der Waals surface area contributed by atoms with E-state index >= 15 is 0 Å². The molecule has 4 rings (SSSR count). The lowest BCUT2D eigenvalue weighted by molar-refractivity contribution is 0.0395. The van der Waals surface area contributed by atoms with Gasteiger partial charge in [0.15, 0.2) is 5.96 Å². The molecule has 1 spiro atoms. The highest BCUT2D eigenvalue weighted by Crippen LogP contribution is 2.47. The molecule has 1 aromatic carbocycles. The summed E-state index contributed by atoms with van der Waals surface area (Å²) in [4.78, 5) is 4.53. The molecule has 7 heteroatoms. The van der Waals surface area contributed by atoms with E-state index in [2.05, 4.69) is 46.1 Å². The molecular formula is C22H34IN3O2S. The summed E-state index contributed by atoms with van der Waals surface area (Å²) >= 11 is 1.95. The molecule has 0 amide bonds. The van der Waals surface area contributed by atoms with Crippen molar-refractivity contribution in [2.75, 3.05) is 33.1 Å². The Kier molecular flexibility index (Phi) is 8.00. The molecule has 1 aromatic rings. The molecule has 1 unspecified atom stereocenters. The van der Waals surface area contributed by atoms with E-state index in [9.17, 15) is 0 Å². The number of hydrogen-bond acceptors (Lipinski definition) is 4. The fourth-order valence-electron chi connectivity index (χ4n) is 4.87. The van der Waals surface area contributed by atoms with E-state index in [1.165, 1.54) is 18.4 Å². The summed E-state index contributed by atoms with van der Waals surface area (Å²) in [6.45, 7) is 2.61. The van der Waals surface area contributed by atoms with Gasteiger partial charge in [-0.3, -0.25) is 4.99 Å². The maximum Gasteiger partial charge on any atom is 0.191 e. The van der Waals surface area contributed by atoms with Crippen LogP contribution in [0.3, 0.4) is 0 Å². The molecule has 2 fully saturated rings. The Morgan fingerprint density at radius 3 is 2.59 bits per heavy atom. The maximum absolute atomic E-state index is 6.50. The second-order valence-corrected chi connectivity index (χ2v) is 9.63. The zero-order valence-electron chi connectivity index (χ0n) is 17.5. The van der Waals surface area contributed by atoms with Crippen molar-refractivity contribution >= 4 is 41.7 Å². The van der Waals surface area contributed by atoms with Gasteiger partial charge in [0.1, 0.15) is 11.4 Å². The number of thioether (sulfide) groups is 1. The zero-order chi connectivity index (χ0) is 19.5. The van der Waals surface area contributed by atoms with Crippen LogP contribution in [0.15, 0.2) is 29.3 Å². The summed E-state index contributed by atoms with van der Waals surface area (Å²) in [6, 6.07) is 8.71. The van der Waals surface area contributed by atoms with Gasteiger partial charge in [0.05, 0.1) is 6.04 Å². The molecule has 1 saturated carbocycles. The maximum atomic E-state index is 6.50. The van der Waals surface area contributed by atoms with E-state index < -0.39 is 0 Å². The van der Waals surface area contributed by atoms with Crippen LogP contribution in [0.1, 0.15) is 56.6 Å². The number of nitrogens with one attached hydrogen (secondary N) is 2. The van der Waals surface area contributed by atoms with Gasteiger partial charge in [0, 0.05) is 43.5 Å². The third kappa shape index (κ3) is 5.15. The molecule has 2 heterocycles. The summed E-state index contributed by atoms with van der Waals surface area (Å²) in [5.74, 6) is 1.92. The SMILES string of the molecule is CN=C(NCC1(SC)CCOCC1)NC1CC2(CCCC2)Oc2ccccc21.I. The number of hydrogen-bond donors (Lipinski definition) is 2. The molecule has 162 valence electrons. The zero-order valence-corrected chi connectivity index (χ0v) is 20.7. The average Bonchev–Trinajstić information content (AvgIpc) is 3.19. The number of rotatable bonds is 4. The largest absolute Gasteiger partial charge is 0.487 e. The van der Waals surface area contributed by atoms with Crippen molar-refractivity contribution in [2.45, 2.75) is 61.3 Å². The lowest BCUT2D eigenvalue weighted by Crippen LogP contribution is -2.50. The number of guanidine groups is 1. The van der Waals surface area contributed by atoms with Crippen LogP contribution in [-0.2, 0) is 4.74 Å². The van der Waals surface area contributed by atoms with Crippen LogP contribution < -0.4 is 15.4 Å². The van der Waals surface area contributed by atoms with Gasteiger partial charge in [-0.05, 0) is 50.8 Å². The molecule has 0 radical (unpaired) electrons. The molecule has 3 aliphatic rings. The van der Waals surface area contributed by atoms with Crippen LogP contribution >= 0.6 is 35.7 Å². The normalized spacial score (nSPS) is 24.9. The Hall–Kier alpha value is -0.670. The summed E-state index contributed by atoms with van der Waals surface area (Å²) < 4.78 is 12.3. The van der Waals surface area contributed by atoms with Gasteiger partial charge in [0.25, 0.3) is 0 Å². The van der Waals surface area contributed by atoms with Crippen LogP contribution in [-0.4, -0.2) is 49.4 Å². The number of benzene rings is 1.